The van der Waals surface area contributed by atoms with Crippen molar-refractivity contribution in [2.45, 2.75) is 31.6 Å². The molecule has 1 heterocycles. The summed E-state index contributed by atoms with van der Waals surface area (Å²) in [7, 11) is 2.02. The van der Waals surface area contributed by atoms with Gasteiger partial charge >= 0.3 is 0 Å². The molecule has 0 bridgehead atoms. The maximum Gasteiger partial charge on any atom is 0.219 e. The Kier molecular flexibility index (Phi) is 3.14. The molecule has 78 valence electrons. The van der Waals surface area contributed by atoms with Crippen molar-refractivity contribution < 1.29 is 4.42 Å². The molecule has 0 amide bonds. The standard InChI is InChI=1S/C10H17N3O/c1-11-6-8-2-4-9(5-3-8)10-13-12-7-14-10/h7-9,11H,2-6H2,1H3. The molecule has 1 aliphatic carbocycles. The maximum atomic E-state index is 5.23. The van der Waals surface area contributed by atoms with Crippen molar-refractivity contribution in [2.24, 2.45) is 5.92 Å². The third-order valence-corrected chi connectivity index (χ3v) is 3.07. The van der Waals surface area contributed by atoms with Crippen LogP contribution in [0.25, 0.3) is 0 Å². The van der Waals surface area contributed by atoms with E-state index < -0.39 is 0 Å². The third-order valence-electron chi connectivity index (χ3n) is 3.07. The lowest BCUT2D eigenvalue weighted by Gasteiger charge is -2.26. The maximum absolute atomic E-state index is 5.23. The predicted molar refractivity (Wildman–Crippen MR) is 52.9 cm³/mol. The first kappa shape index (κ1) is 9.65. The molecule has 1 saturated carbocycles. The zero-order valence-corrected chi connectivity index (χ0v) is 8.57. The topological polar surface area (TPSA) is 51.0 Å². The van der Waals surface area contributed by atoms with Gasteiger partial charge in [0.15, 0.2) is 0 Å². The monoisotopic (exact) mass is 195 g/mol. The van der Waals surface area contributed by atoms with Gasteiger partial charge in [0.2, 0.25) is 12.3 Å². The van der Waals surface area contributed by atoms with Gasteiger partial charge in [0, 0.05) is 5.92 Å². The summed E-state index contributed by atoms with van der Waals surface area (Å²) in [4.78, 5) is 0. The summed E-state index contributed by atoms with van der Waals surface area (Å²) in [5.74, 6) is 2.16. The Morgan fingerprint density at radius 2 is 2.21 bits per heavy atom. The van der Waals surface area contributed by atoms with E-state index in [0.29, 0.717) is 5.92 Å². The molecule has 1 aromatic heterocycles. The average Bonchev–Trinajstić information content (AvgIpc) is 2.72. The predicted octanol–water partition coefficient (Wildman–Crippen LogP) is 1.56. The summed E-state index contributed by atoms with van der Waals surface area (Å²) < 4.78 is 5.23. The molecule has 2 rings (SSSR count). The Labute approximate surface area is 84.1 Å². The SMILES string of the molecule is CNCC1CCC(c2nnco2)CC1. The van der Waals surface area contributed by atoms with Crippen LogP contribution in [0.5, 0.6) is 0 Å². The van der Waals surface area contributed by atoms with Gasteiger partial charge in [-0.1, -0.05) is 0 Å². The van der Waals surface area contributed by atoms with Crippen LogP contribution in [0.3, 0.4) is 0 Å². The average molecular weight is 195 g/mol. The van der Waals surface area contributed by atoms with Crippen LogP contribution in [0.1, 0.15) is 37.5 Å². The van der Waals surface area contributed by atoms with E-state index >= 15 is 0 Å². The zero-order valence-electron chi connectivity index (χ0n) is 8.57. The van der Waals surface area contributed by atoms with Crippen LogP contribution in [0, 0.1) is 5.92 Å². The number of hydrogen-bond donors (Lipinski definition) is 1. The van der Waals surface area contributed by atoms with Gasteiger partial charge in [-0.2, -0.15) is 0 Å². The quantitative estimate of drug-likeness (QED) is 0.795. The number of rotatable bonds is 3. The van der Waals surface area contributed by atoms with Crippen LogP contribution in [0.2, 0.25) is 0 Å². The van der Waals surface area contributed by atoms with Crippen molar-refractivity contribution in [2.75, 3.05) is 13.6 Å². The van der Waals surface area contributed by atoms with Crippen molar-refractivity contribution in [3.05, 3.63) is 12.3 Å². The van der Waals surface area contributed by atoms with E-state index in [-0.39, 0.29) is 0 Å². The minimum absolute atomic E-state index is 0.505. The molecule has 1 aliphatic rings. The van der Waals surface area contributed by atoms with E-state index in [1.54, 1.807) is 0 Å². The van der Waals surface area contributed by atoms with Crippen molar-refractivity contribution in [1.82, 2.24) is 15.5 Å². The fourth-order valence-electron chi connectivity index (χ4n) is 2.26. The number of nitrogens with zero attached hydrogens (tertiary/aromatic N) is 2. The molecule has 0 aromatic carbocycles. The highest BCUT2D eigenvalue weighted by atomic mass is 16.4. The molecule has 1 aromatic rings. The van der Waals surface area contributed by atoms with Crippen molar-refractivity contribution >= 4 is 0 Å². The van der Waals surface area contributed by atoms with Crippen molar-refractivity contribution in [1.29, 1.82) is 0 Å². The van der Waals surface area contributed by atoms with Gasteiger partial charge in [-0.05, 0) is 45.2 Å². The smallest absolute Gasteiger partial charge is 0.219 e. The van der Waals surface area contributed by atoms with E-state index in [1.807, 2.05) is 7.05 Å². The summed E-state index contributed by atoms with van der Waals surface area (Å²) >= 11 is 0. The van der Waals surface area contributed by atoms with E-state index in [9.17, 15) is 0 Å². The van der Waals surface area contributed by atoms with E-state index in [2.05, 4.69) is 15.5 Å². The van der Waals surface area contributed by atoms with Gasteiger partial charge in [-0.25, -0.2) is 0 Å². The minimum Gasteiger partial charge on any atom is -0.428 e. The Morgan fingerprint density at radius 1 is 1.43 bits per heavy atom. The molecule has 4 nitrogen and oxygen atoms in total. The molecule has 0 radical (unpaired) electrons. The Morgan fingerprint density at radius 3 is 2.79 bits per heavy atom. The van der Waals surface area contributed by atoms with Crippen LogP contribution in [-0.2, 0) is 0 Å². The summed E-state index contributed by atoms with van der Waals surface area (Å²) in [6.45, 7) is 1.14. The molecule has 0 spiro atoms. The number of nitrogens with one attached hydrogen (secondary N) is 1. The number of hydrogen-bond acceptors (Lipinski definition) is 4. The molecular weight excluding hydrogens is 178 g/mol. The highest BCUT2D eigenvalue weighted by Crippen LogP contribution is 2.34. The minimum atomic E-state index is 0.505. The van der Waals surface area contributed by atoms with Crippen LogP contribution in [0.4, 0.5) is 0 Å². The molecule has 1 N–H and O–H groups in total. The Hall–Kier alpha value is -0.900. The van der Waals surface area contributed by atoms with Gasteiger partial charge in [-0.15, -0.1) is 10.2 Å². The molecule has 0 aliphatic heterocycles. The lowest BCUT2D eigenvalue weighted by atomic mass is 9.82. The van der Waals surface area contributed by atoms with Gasteiger partial charge in [0.1, 0.15) is 0 Å². The zero-order chi connectivity index (χ0) is 9.80. The molecule has 0 saturated heterocycles. The molecule has 0 unspecified atom stereocenters. The van der Waals surface area contributed by atoms with Gasteiger partial charge in [-0.3, -0.25) is 0 Å². The van der Waals surface area contributed by atoms with Crippen LogP contribution < -0.4 is 5.32 Å². The first-order valence-electron chi connectivity index (χ1n) is 5.31. The van der Waals surface area contributed by atoms with Crippen molar-refractivity contribution in [3.63, 3.8) is 0 Å². The highest BCUT2D eigenvalue weighted by molar-refractivity contribution is 4.91. The van der Waals surface area contributed by atoms with Gasteiger partial charge in [0.25, 0.3) is 0 Å². The molecule has 1 fully saturated rings. The summed E-state index contributed by atoms with van der Waals surface area (Å²) in [6.07, 6.45) is 6.35. The fourth-order valence-corrected chi connectivity index (χ4v) is 2.26. The van der Waals surface area contributed by atoms with Crippen LogP contribution >= 0.6 is 0 Å². The summed E-state index contributed by atoms with van der Waals surface area (Å²) in [5, 5.41) is 10.9. The molecule has 4 heteroatoms. The van der Waals surface area contributed by atoms with Gasteiger partial charge < -0.3 is 9.73 Å². The second-order valence-electron chi connectivity index (χ2n) is 4.05. The molecule has 14 heavy (non-hydrogen) atoms. The van der Waals surface area contributed by atoms with Gasteiger partial charge in [0.05, 0.1) is 0 Å². The lowest BCUT2D eigenvalue weighted by Crippen LogP contribution is -2.23. The molecule has 0 atom stereocenters. The summed E-state index contributed by atoms with van der Waals surface area (Å²) in [6, 6.07) is 0. The van der Waals surface area contributed by atoms with Crippen molar-refractivity contribution in [3.8, 4) is 0 Å². The lowest BCUT2D eigenvalue weighted by molar-refractivity contribution is 0.289. The fraction of sp³-hybridized carbons (Fsp3) is 0.800. The second kappa shape index (κ2) is 4.55. The van der Waals surface area contributed by atoms with Crippen LogP contribution in [0.15, 0.2) is 10.8 Å². The van der Waals surface area contributed by atoms with Crippen LogP contribution in [-0.4, -0.2) is 23.8 Å². The second-order valence-corrected chi connectivity index (χ2v) is 4.05. The van der Waals surface area contributed by atoms with E-state index in [0.717, 1.165) is 18.4 Å². The van der Waals surface area contributed by atoms with E-state index in [1.165, 1.54) is 32.1 Å². The molecular formula is C10H17N3O. The highest BCUT2D eigenvalue weighted by Gasteiger charge is 2.24. The van der Waals surface area contributed by atoms with E-state index in [4.69, 9.17) is 4.42 Å². The largest absolute Gasteiger partial charge is 0.428 e. The summed E-state index contributed by atoms with van der Waals surface area (Å²) in [5.41, 5.74) is 0. The third kappa shape index (κ3) is 2.12. The normalized spacial score (nSPS) is 27.8. The first-order chi connectivity index (χ1) is 6.90. The number of aromatic nitrogens is 2. The Balaban J connectivity index is 1.84. The first-order valence-corrected chi connectivity index (χ1v) is 5.31. The Bertz CT molecular complexity index is 252.